The maximum Gasteiger partial charge on any atom is 0.111 e. The minimum Gasteiger partial charge on any atom is -0.332 e. The maximum atomic E-state index is 4.43. The summed E-state index contributed by atoms with van der Waals surface area (Å²) in [6.45, 7) is 12.1. The third-order valence-electron chi connectivity index (χ3n) is 2.15. The maximum absolute atomic E-state index is 4.43. The smallest absolute Gasteiger partial charge is 0.111 e. The van der Waals surface area contributed by atoms with Crippen molar-refractivity contribution in [2.45, 2.75) is 47.1 Å². The van der Waals surface area contributed by atoms with E-state index in [-0.39, 0.29) is 0 Å². The second-order valence-corrected chi connectivity index (χ2v) is 4.42. The predicted octanol–water partition coefficient (Wildman–Crippen LogP) is 2.97. The van der Waals surface area contributed by atoms with Crippen molar-refractivity contribution < 1.29 is 0 Å². The molecule has 74 valence electrons. The molecule has 0 aromatic carbocycles. The lowest BCUT2D eigenvalue weighted by molar-refractivity contribution is 0.491. The Bertz CT molecular complexity index is 272. The van der Waals surface area contributed by atoms with E-state index in [9.17, 15) is 0 Å². The van der Waals surface area contributed by atoms with Gasteiger partial charge in [-0.15, -0.1) is 0 Å². The largest absolute Gasteiger partial charge is 0.332 e. The van der Waals surface area contributed by atoms with Crippen LogP contribution in [0.1, 0.15) is 45.1 Å². The zero-order valence-corrected chi connectivity index (χ0v) is 9.33. The SMILES string of the molecule is Cc1cnc(C(C)C)n1CC(C)C. The van der Waals surface area contributed by atoms with Gasteiger partial charge in [0.25, 0.3) is 0 Å². The first-order valence-electron chi connectivity index (χ1n) is 5.04. The van der Waals surface area contributed by atoms with Crippen molar-refractivity contribution in [3.05, 3.63) is 17.7 Å². The molecule has 0 amide bonds. The topological polar surface area (TPSA) is 17.8 Å². The van der Waals surface area contributed by atoms with Crippen molar-refractivity contribution in [1.82, 2.24) is 9.55 Å². The van der Waals surface area contributed by atoms with Crippen LogP contribution in [0, 0.1) is 12.8 Å². The summed E-state index contributed by atoms with van der Waals surface area (Å²) in [7, 11) is 0. The van der Waals surface area contributed by atoms with Gasteiger partial charge in [0.2, 0.25) is 0 Å². The average molecular weight is 180 g/mol. The number of aromatic nitrogens is 2. The molecule has 0 bridgehead atoms. The third-order valence-corrected chi connectivity index (χ3v) is 2.15. The van der Waals surface area contributed by atoms with Crippen LogP contribution >= 0.6 is 0 Å². The highest BCUT2D eigenvalue weighted by atomic mass is 15.1. The van der Waals surface area contributed by atoms with Crippen LogP contribution in [0.5, 0.6) is 0 Å². The first kappa shape index (κ1) is 10.3. The second-order valence-electron chi connectivity index (χ2n) is 4.42. The Morgan fingerprint density at radius 3 is 2.38 bits per heavy atom. The van der Waals surface area contributed by atoms with Gasteiger partial charge in [-0.25, -0.2) is 4.98 Å². The summed E-state index contributed by atoms with van der Waals surface area (Å²) in [5.74, 6) is 2.42. The number of rotatable bonds is 3. The Balaban J connectivity index is 2.94. The summed E-state index contributed by atoms with van der Waals surface area (Å²) in [6.07, 6.45) is 1.97. The molecule has 0 aliphatic rings. The number of aryl methyl sites for hydroxylation is 1. The highest BCUT2D eigenvalue weighted by Gasteiger charge is 2.10. The minimum absolute atomic E-state index is 0.521. The fraction of sp³-hybridized carbons (Fsp3) is 0.727. The molecule has 0 aliphatic heterocycles. The highest BCUT2D eigenvalue weighted by molar-refractivity contribution is 5.06. The molecule has 13 heavy (non-hydrogen) atoms. The Kier molecular flexibility index (Phi) is 3.12. The van der Waals surface area contributed by atoms with Gasteiger partial charge in [-0.3, -0.25) is 0 Å². The quantitative estimate of drug-likeness (QED) is 0.699. The van der Waals surface area contributed by atoms with E-state index in [1.807, 2.05) is 6.20 Å². The van der Waals surface area contributed by atoms with Crippen molar-refractivity contribution in [1.29, 1.82) is 0 Å². The van der Waals surface area contributed by atoms with Crippen molar-refractivity contribution in [2.24, 2.45) is 5.92 Å². The minimum atomic E-state index is 0.521. The Morgan fingerprint density at radius 1 is 1.31 bits per heavy atom. The van der Waals surface area contributed by atoms with E-state index >= 15 is 0 Å². The third kappa shape index (κ3) is 2.33. The summed E-state index contributed by atoms with van der Waals surface area (Å²) in [6, 6.07) is 0. The van der Waals surface area contributed by atoms with Gasteiger partial charge < -0.3 is 4.57 Å². The summed E-state index contributed by atoms with van der Waals surface area (Å²) >= 11 is 0. The summed E-state index contributed by atoms with van der Waals surface area (Å²) < 4.78 is 2.33. The predicted molar refractivity (Wildman–Crippen MR) is 55.9 cm³/mol. The van der Waals surface area contributed by atoms with Crippen LogP contribution in [-0.2, 0) is 6.54 Å². The molecule has 1 aromatic heterocycles. The van der Waals surface area contributed by atoms with Crippen LogP contribution in [0.2, 0.25) is 0 Å². The lowest BCUT2D eigenvalue weighted by atomic mass is 10.2. The van der Waals surface area contributed by atoms with E-state index in [1.165, 1.54) is 11.5 Å². The van der Waals surface area contributed by atoms with E-state index in [1.54, 1.807) is 0 Å². The molecule has 0 spiro atoms. The summed E-state index contributed by atoms with van der Waals surface area (Å²) in [5.41, 5.74) is 1.28. The van der Waals surface area contributed by atoms with Crippen molar-refractivity contribution in [2.75, 3.05) is 0 Å². The standard InChI is InChI=1S/C11H20N2/c1-8(2)7-13-10(5)6-12-11(13)9(3)4/h6,8-9H,7H2,1-5H3. The molecule has 0 saturated carbocycles. The molecule has 0 saturated heterocycles. The number of hydrogen-bond donors (Lipinski definition) is 0. The van der Waals surface area contributed by atoms with Gasteiger partial charge in [-0.05, 0) is 12.8 Å². The van der Waals surface area contributed by atoms with Crippen LogP contribution in [0.25, 0.3) is 0 Å². The fourth-order valence-corrected chi connectivity index (χ4v) is 1.54. The van der Waals surface area contributed by atoms with Gasteiger partial charge >= 0.3 is 0 Å². The second kappa shape index (κ2) is 3.95. The molecule has 0 atom stereocenters. The van der Waals surface area contributed by atoms with E-state index < -0.39 is 0 Å². The van der Waals surface area contributed by atoms with E-state index in [4.69, 9.17) is 0 Å². The van der Waals surface area contributed by atoms with Gasteiger partial charge in [0.05, 0.1) is 0 Å². The molecule has 1 rings (SSSR count). The first-order chi connectivity index (χ1) is 6.02. The average Bonchev–Trinajstić information content (AvgIpc) is 2.32. The van der Waals surface area contributed by atoms with Crippen molar-refractivity contribution in [3.8, 4) is 0 Å². The van der Waals surface area contributed by atoms with Gasteiger partial charge in [0.15, 0.2) is 0 Å². The number of hydrogen-bond acceptors (Lipinski definition) is 1. The molecule has 1 aromatic rings. The van der Waals surface area contributed by atoms with Gasteiger partial charge in [-0.1, -0.05) is 27.7 Å². The van der Waals surface area contributed by atoms with Gasteiger partial charge in [0.1, 0.15) is 5.82 Å². The number of nitrogens with zero attached hydrogens (tertiary/aromatic N) is 2. The lowest BCUT2D eigenvalue weighted by Crippen LogP contribution is -2.11. The molecule has 1 heterocycles. The van der Waals surface area contributed by atoms with Gasteiger partial charge in [-0.2, -0.15) is 0 Å². The molecule has 0 aliphatic carbocycles. The number of imidazole rings is 1. The first-order valence-corrected chi connectivity index (χ1v) is 5.04. The molecule has 2 heteroatoms. The Hall–Kier alpha value is -0.790. The zero-order valence-electron chi connectivity index (χ0n) is 9.33. The van der Waals surface area contributed by atoms with Crippen LogP contribution in [0.4, 0.5) is 0 Å². The molecular weight excluding hydrogens is 160 g/mol. The monoisotopic (exact) mass is 180 g/mol. The Morgan fingerprint density at radius 2 is 1.92 bits per heavy atom. The van der Waals surface area contributed by atoms with E-state index in [2.05, 4.69) is 44.2 Å². The van der Waals surface area contributed by atoms with Gasteiger partial charge in [0, 0.05) is 24.4 Å². The summed E-state index contributed by atoms with van der Waals surface area (Å²) in [5, 5.41) is 0. The van der Waals surface area contributed by atoms with Crippen LogP contribution in [-0.4, -0.2) is 9.55 Å². The molecule has 0 radical (unpaired) electrons. The van der Waals surface area contributed by atoms with Crippen LogP contribution in [0.15, 0.2) is 6.20 Å². The van der Waals surface area contributed by atoms with E-state index in [0.717, 1.165) is 6.54 Å². The molecule has 0 N–H and O–H groups in total. The van der Waals surface area contributed by atoms with E-state index in [0.29, 0.717) is 11.8 Å². The van der Waals surface area contributed by atoms with Crippen LogP contribution in [0.3, 0.4) is 0 Å². The molecule has 2 nitrogen and oxygen atoms in total. The molecule has 0 unspecified atom stereocenters. The fourth-order valence-electron chi connectivity index (χ4n) is 1.54. The molecular formula is C11H20N2. The zero-order chi connectivity index (χ0) is 10.0. The lowest BCUT2D eigenvalue weighted by Gasteiger charge is -2.14. The summed E-state index contributed by atoms with van der Waals surface area (Å²) in [4.78, 5) is 4.43. The van der Waals surface area contributed by atoms with Crippen molar-refractivity contribution >= 4 is 0 Å². The van der Waals surface area contributed by atoms with Crippen molar-refractivity contribution in [3.63, 3.8) is 0 Å². The highest BCUT2D eigenvalue weighted by Crippen LogP contribution is 2.16. The Labute approximate surface area is 81.0 Å². The molecule has 0 fully saturated rings. The normalized spacial score (nSPS) is 11.6. The van der Waals surface area contributed by atoms with Crippen LogP contribution < -0.4 is 0 Å².